The van der Waals surface area contributed by atoms with Crippen LogP contribution in [0.15, 0.2) is 0 Å². The highest BCUT2D eigenvalue weighted by Gasteiger charge is 2.44. The number of amides is 4. The quantitative estimate of drug-likeness (QED) is 0.454. The third kappa shape index (κ3) is 7.34. The smallest absolute Gasteiger partial charge is 0.230 e. The Morgan fingerprint density at radius 1 is 0.963 bits per heavy atom. The van der Waals surface area contributed by atoms with Crippen LogP contribution < -0.4 is 16.0 Å². The van der Waals surface area contributed by atoms with Gasteiger partial charge in [0.2, 0.25) is 23.6 Å². The van der Waals surface area contributed by atoms with Gasteiger partial charge in [-0.05, 0) is 13.0 Å². The summed E-state index contributed by atoms with van der Waals surface area (Å²) in [6.45, 7) is 1.72. The predicted octanol–water partition coefficient (Wildman–Crippen LogP) is -1.03. The van der Waals surface area contributed by atoms with Crippen molar-refractivity contribution >= 4 is 36.0 Å². The van der Waals surface area contributed by atoms with Crippen LogP contribution in [-0.4, -0.2) is 87.8 Å². The van der Waals surface area contributed by atoms with Crippen molar-refractivity contribution < 1.29 is 19.2 Å². The normalized spacial score (nSPS) is 18.2. The van der Waals surface area contributed by atoms with Crippen molar-refractivity contribution in [2.75, 3.05) is 54.4 Å². The van der Waals surface area contributed by atoms with E-state index < -0.39 is 5.41 Å². The maximum atomic E-state index is 13.0. The predicted molar refractivity (Wildman–Crippen MR) is 104 cm³/mol. The Hall–Kier alpha value is -1.87. The van der Waals surface area contributed by atoms with E-state index >= 15 is 0 Å². The molecule has 1 aliphatic heterocycles. The lowest BCUT2D eigenvalue weighted by atomic mass is 9.81. The number of carbonyl (C=O) groups excluding carboxylic acids is 4. The summed E-state index contributed by atoms with van der Waals surface area (Å²) < 4.78 is 0. The van der Waals surface area contributed by atoms with Crippen LogP contribution in [0.1, 0.15) is 25.7 Å². The van der Waals surface area contributed by atoms with Gasteiger partial charge in [0.25, 0.3) is 0 Å². The molecule has 10 heteroatoms. The molecule has 0 spiro atoms. The summed E-state index contributed by atoms with van der Waals surface area (Å²) in [4.78, 5) is 51.3. The third-order valence-electron chi connectivity index (χ3n) is 4.87. The minimum atomic E-state index is -0.796. The summed E-state index contributed by atoms with van der Waals surface area (Å²) in [5.41, 5.74) is -0.796. The number of rotatable bonds is 9. The van der Waals surface area contributed by atoms with E-state index in [1.54, 1.807) is 28.2 Å². The Kier molecular flexibility index (Phi) is 10.9. The minimum absolute atomic E-state index is 0. The molecule has 1 unspecified atom stereocenters. The third-order valence-corrected chi connectivity index (χ3v) is 4.87. The number of hydrogen-bond acceptors (Lipinski definition) is 5. The molecule has 4 amide bonds. The number of halogens is 1. The highest BCUT2D eigenvalue weighted by Crippen LogP contribution is 2.32. The lowest BCUT2D eigenvalue weighted by molar-refractivity contribution is -0.146. The molecular weight excluding hydrogens is 374 g/mol. The van der Waals surface area contributed by atoms with Crippen LogP contribution >= 0.6 is 12.4 Å². The van der Waals surface area contributed by atoms with Gasteiger partial charge in [0, 0.05) is 67.1 Å². The molecule has 1 saturated heterocycles. The van der Waals surface area contributed by atoms with Gasteiger partial charge in [-0.1, -0.05) is 0 Å². The van der Waals surface area contributed by atoms with Crippen molar-refractivity contribution in [3.8, 4) is 0 Å². The van der Waals surface area contributed by atoms with Gasteiger partial charge in [-0.2, -0.15) is 0 Å². The molecular formula is C17H32ClN5O4. The lowest BCUT2D eigenvalue weighted by Gasteiger charge is -2.32. The Morgan fingerprint density at radius 3 is 1.93 bits per heavy atom. The summed E-state index contributed by atoms with van der Waals surface area (Å²) in [5.74, 6) is -0.551. The molecule has 9 nitrogen and oxygen atoms in total. The minimum Gasteiger partial charge on any atom is -0.359 e. The molecule has 0 saturated carbocycles. The monoisotopic (exact) mass is 405 g/mol. The summed E-state index contributed by atoms with van der Waals surface area (Å²) in [6, 6.07) is 0. The summed E-state index contributed by atoms with van der Waals surface area (Å²) >= 11 is 0. The highest BCUT2D eigenvalue weighted by atomic mass is 35.5. The van der Waals surface area contributed by atoms with Crippen molar-refractivity contribution in [2.24, 2.45) is 5.41 Å². The molecule has 0 aromatic heterocycles. The molecule has 27 heavy (non-hydrogen) atoms. The summed E-state index contributed by atoms with van der Waals surface area (Å²) in [6.07, 6.45) is 1.12. The van der Waals surface area contributed by atoms with Gasteiger partial charge in [-0.25, -0.2) is 0 Å². The zero-order chi connectivity index (χ0) is 19.7. The second-order valence-corrected chi connectivity index (χ2v) is 6.77. The van der Waals surface area contributed by atoms with Gasteiger partial charge in [0.05, 0.1) is 5.41 Å². The molecule has 1 aliphatic rings. The van der Waals surface area contributed by atoms with E-state index in [2.05, 4.69) is 16.0 Å². The van der Waals surface area contributed by atoms with E-state index in [9.17, 15) is 19.2 Å². The van der Waals surface area contributed by atoms with Crippen LogP contribution in [-0.2, 0) is 19.2 Å². The summed E-state index contributed by atoms with van der Waals surface area (Å²) in [7, 11) is 6.41. The second kappa shape index (κ2) is 11.8. The molecule has 156 valence electrons. The van der Waals surface area contributed by atoms with Crippen molar-refractivity contribution in [1.82, 2.24) is 25.8 Å². The fourth-order valence-electron chi connectivity index (χ4n) is 3.00. The maximum Gasteiger partial charge on any atom is 0.230 e. The Bertz CT molecular complexity index is 537. The van der Waals surface area contributed by atoms with E-state index in [4.69, 9.17) is 0 Å². The first-order valence-corrected chi connectivity index (χ1v) is 8.87. The fraction of sp³-hybridized carbons (Fsp3) is 0.765. The number of carbonyl (C=O) groups is 4. The molecule has 0 aliphatic carbocycles. The molecule has 0 radical (unpaired) electrons. The van der Waals surface area contributed by atoms with Crippen LogP contribution in [0.25, 0.3) is 0 Å². The average Bonchev–Trinajstić information content (AvgIpc) is 3.11. The van der Waals surface area contributed by atoms with Crippen LogP contribution in [0.4, 0.5) is 0 Å². The first kappa shape index (κ1) is 25.1. The Balaban J connectivity index is 0.00000676. The van der Waals surface area contributed by atoms with Gasteiger partial charge in [0.1, 0.15) is 0 Å². The molecule has 1 atom stereocenters. The van der Waals surface area contributed by atoms with Crippen LogP contribution in [0.2, 0.25) is 0 Å². The number of nitrogens with zero attached hydrogens (tertiary/aromatic N) is 2. The SMILES string of the molecule is CNC(=O)CCN(C)C(=O)CC1(C(=O)N(C)CCC(=O)NC)CCNC1.Cl. The number of nitrogens with one attached hydrogen (secondary N) is 3. The molecule has 0 aromatic rings. The van der Waals surface area contributed by atoms with Crippen molar-refractivity contribution in [3.63, 3.8) is 0 Å². The standard InChI is InChI=1S/C17H31N5O4.ClH/c1-18-13(23)5-9-21(3)15(25)11-17(7-8-20-12-17)16(26)22(4)10-6-14(24)19-2;/h20H,5-12H2,1-4H3,(H,18,23)(H,19,24);1H. The number of hydrogen-bond donors (Lipinski definition) is 3. The Labute approximate surface area is 167 Å². The van der Waals surface area contributed by atoms with E-state index in [1.807, 2.05) is 0 Å². The van der Waals surface area contributed by atoms with E-state index in [1.165, 1.54) is 9.80 Å². The van der Waals surface area contributed by atoms with Crippen molar-refractivity contribution in [1.29, 1.82) is 0 Å². The van der Waals surface area contributed by atoms with Gasteiger partial charge < -0.3 is 25.8 Å². The van der Waals surface area contributed by atoms with Gasteiger partial charge in [0.15, 0.2) is 0 Å². The average molecular weight is 406 g/mol. The topological polar surface area (TPSA) is 111 Å². The van der Waals surface area contributed by atoms with Gasteiger partial charge >= 0.3 is 0 Å². The molecule has 3 N–H and O–H groups in total. The molecule has 0 aromatic carbocycles. The van der Waals surface area contributed by atoms with Gasteiger partial charge in [-0.3, -0.25) is 19.2 Å². The second-order valence-electron chi connectivity index (χ2n) is 6.77. The zero-order valence-electron chi connectivity index (χ0n) is 16.6. The van der Waals surface area contributed by atoms with E-state index in [0.29, 0.717) is 32.6 Å². The fourth-order valence-corrected chi connectivity index (χ4v) is 3.00. The Morgan fingerprint density at radius 2 is 1.48 bits per heavy atom. The molecule has 1 heterocycles. The van der Waals surface area contributed by atoms with Crippen LogP contribution in [0, 0.1) is 5.41 Å². The molecule has 0 bridgehead atoms. The van der Waals surface area contributed by atoms with Crippen molar-refractivity contribution in [2.45, 2.75) is 25.7 Å². The maximum absolute atomic E-state index is 13.0. The zero-order valence-corrected chi connectivity index (χ0v) is 17.4. The van der Waals surface area contributed by atoms with Crippen LogP contribution in [0.5, 0.6) is 0 Å². The molecule has 1 rings (SSSR count). The summed E-state index contributed by atoms with van der Waals surface area (Å²) in [5, 5.41) is 8.22. The first-order valence-electron chi connectivity index (χ1n) is 8.87. The molecule has 1 fully saturated rings. The van der Waals surface area contributed by atoms with Crippen molar-refractivity contribution in [3.05, 3.63) is 0 Å². The largest absolute Gasteiger partial charge is 0.359 e. The highest BCUT2D eigenvalue weighted by molar-refractivity contribution is 5.90. The lowest BCUT2D eigenvalue weighted by Crippen LogP contribution is -2.47. The van der Waals surface area contributed by atoms with Crippen LogP contribution in [0.3, 0.4) is 0 Å². The van der Waals surface area contributed by atoms with E-state index in [0.717, 1.165) is 0 Å². The van der Waals surface area contributed by atoms with Gasteiger partial charge in [-0.15, -0.1) is 12.4 Å². The first-order chi connectivity index (χ1) is 12.3. The van der Waals surface area contributed by atoms with E-state index in [-0.39, 0.29) is 55.3 Å².